The Hall–Kier alpha value is -0.480. The molecule has 0 unspecified atom stereocenters. The number of hydrogen-bond donors (Lipinski definition) is 0. The topological polar surface area (TPSA) is 0 Å². The van der Waals surface area contributed by atoms with Crippen molar-refractivity contribution in [1.29, 1.82) is 0 Å². The minimum atomic E-state index is 0.271. The van der Waals surface area contributed by atoms with Crippen LogP contribution in [-0.4, -0.2) is 0 Å². The summed E-state index contributed by atoms with van der Waals surface area (Å²) in [6.45, 7) is 13.5. The van der Waals surface area contributed by atoms with Gasteiger partial charge >= 0.3 is 0 Å². The summed E-state index contributed by atoms with van der Waals surface area (Å²) in [5.74, 6) is 1.41. The van der Waals surface area contributed by atoms with E-state index in [-0.39, 0.29) is 5.41 Å². The molecule has 0 aromatic rings. The molecule has 0 radical (unpaired) electrons. The van der Waals surface area contributed by atoms with E-state index in [1.165, 1.54) is 0 Å². The molecule has 0 atom stereocenters. The second-order valence-corrected chi connectivity index (χ2v) is 5.12. The molecular weight excluding hydrogens is 156 g/mol. The molecule has 0 heteroatoms. The van der Waals surface area contributed by atoms with Gasteiger partial charge in [-0.05, 0) is 35.8 Å². The Labute approximate surface area is 83.7 Å². The highest BCUT2D eigenvalue weighted by atomic mass is 14.2. The van der Waals surface area contributed by atoms with Gasteiger partial charge in [0.15, 0.2) is 0 Å². The molecule has 0 nitrogen and oxygen atoms in total. The summed E-state index contributed by atoms with van der Waals surface area (Å²) in [6.07, 6.45) is 5.47. The first kappa shape index (κ1) is 12.5. The lowest BCUT2D eigenvalue weighted by Gasteiger charge is -2.23. The normalized spacial score (nSPS) is 11.7. The van der Waals surface area contributed by atoms with Crippen LogP contribution in [0.15, 0.2) is 17.9 Å². The van der Waals surface area contributed by atoms with Crippen molar-refractivity contribution < 1.29 is 0 Å². The molecule has 0 spiro atoms. The smallest absolute Gasteiger partial charge is 0.00762 e. The molecule has 0 amide bonds. The number of allylic oxidation sites excluding steroid dienone is 1. The van der Waals surface area contributed by atoms with Crippen LogP contribution in [0.3, 0.4) is 0 Å². The number of rotatable bonds is 4. The second kappa shape index (κ2) is 5.29. The van der Waals surface area contributed by atoms with Gasteiger partial charge in [0.1, 0.15) is 0 Å². The van der Waals surface area contributed by atoms with E-state index in [9.17, 15) is 0 Å². The summed E-state index contributed by atoms with van der Waals surface area (Å²) in [5, 5.41) is 0. The molecule has 76 valence electrons. The van der Waals surface area contributed by atoms with Crippen molar-refractivity contribution in [2.45, 2.75) is 48.0 Å². The molecule has 13 heavy (non-hydrogen) atoms. The average Bonchev–Trinajstić information content (AvgIpc) is 1.97. The fraction of sp³-hybridized carbons (Fsp3) is 0.769. The first-order valence-corrected chi connectivity index (χ1v) is 5.28. The van der Waals surface area contributed by atoms with E-state index in [0.717, 1.165) is 12.3 Å². The van der Waals surface area contributed by atoms with E-state index in [4.69, 9.17) is 0 Å². The molecule has 0 aromatic carbocycles. The minimum Gasteiger partial charge on any atom is -0.129 e. The Bertz CT molecular complexity index is 188. The van der Waals surface area contributed by atoms with Crippen molar-refractivity contribution in [3.63, 3.8) is 0 Å². The van der Waals surface area contributed by atoms with Crippen LogP contribution in [0.2, 0.25) is 0 Å². The maximum absolute atomic E-state index is 3.29. The highest BCUT2D eigenvalue weighted by Crippen LogP contribution is 2.26. The van der Waals surface area contributed by atoms with Crippen molar-refractivity contribution >= 4 is 0 Å². The molecule has 0 aliphatic heterocycles. The van der Waals surface area contributed by atoms with Crippen LogP contribution in [0.1, 0.15) is 48.0 Å². The largest absolute Gasteiger partial charge is 0.129 e. The molecule has 0 aliphatic carbocycles. The van der Waals surface area contributed by atoms with E-state index in [1.54, 1.807) is 0 Å². The maximum Gasteiger partial charge on any atom is -0.00762 e. The highest BCUT2D eigenvalue weighted by Gasteiger charge is 2.17. The van der Waals surface area contributed by atoms with Gasteiger partial charge in [0.25, 0.3) is 0 Å². The molecule has 0 rings (SSSR count). The van der Waals surface area contributed by atoms with Crippen LogP contribution < -0.4 is 0 Å². The van der Waals surface area contributed by atoms with Gasteiger partial charge in [-0.1, -0.05) is 41.5 Å². The summed E-state index contributed by atoms with van der Waals surface area (Å²) in [5.41, 5.74) is 3.56. The van der Waals surface area contributed by atoms with Crippen molar-refractivity contribution in [3.8, 4) is 0 Å². The fourth-order valence-electron chi connectivity index (χ4n) is 0.744. The van der Waals surface area contributed by atoms with Crippen LogP contribution in [0.5, 0.6) is 0 Å². The molecule has 0 fully saturated rings. The van der Waals surface area contributed by atoms with E-state index < -0.39 is 0 Å². The zero-order chi connectivity index (χ0) is 10.5. The first-order chi connectivity index (χ1) is 5.86. The van der Waals surface area contributed by atoms with Crippen LogP contribution in [-0.2, 0) is 0 Å². The first-order valence-electron chi connectivity index (χ1n) is 5.28. The van der Waals surface area contributed by atoms with E-state index in [2.05, 4.69) is 59.4 Å². The van der Waals surface area contributed by atoms with Crippen molar-refractivity contribution in [2.24, 2.45) is 17.3 Å². The van der Waals surface area contributed by atoms with Gasteiger partial charge in [-0.3, -0.25) is 0 Å². The summed E-state index contributed by atoms with van der Waals surface area (Å²) in [7, 11) is 0. The predicted octanol–water partition coefficient (Wildman–Crippen LogP) is 4.43. The molecule has 0 bridgehead atoms. The summed E-state index contributed by atoms with van der Waals surface area (Å²) >= 11 is 0. The summed E-state index contributed by atoms with van der Waals surface area (Å²) in [4.78, 5) is 0. The van der Waals surface area contributed by atoms with Crippen molar-refractivity contribution in [3.05, 3.63) is 17.9 Å². The summed E-state index contributed by atoms with van der Waals surface area (Å²) < 4.78 is 0. The molecule has 0 aromatic heterocycles. The summed E-state index contributed by atoms with van der Waals surface area (Å²) in [6, 6.07) is 0. The molecular formula is C13H24. The van der Waals surface area contributed by atoms with Crippen molar-refractivity contribution in [2.75, 3.05) is 0 Å². The van der Waals surface area contributed by atoms with Gasteiger partial charge in [0.05, 0.1) is 0 Å². The molecule has 0 aliphatic rings. The minimum absolute atomic E-state index is 0.271. The van der Waals surface area contributed by atoms with E-state index in [1.807, 2.05) is 0 Å². The molecule has 0 N–H and O–H groups in total. The lowest BCUT2D eigenvalue weighted by molar-refractivity contribution is 0.333. The Kier molecular flexibility index (Phi) is 5.10. The standard InChI is InChI=1S/C13H24/c1-11(2)9-7-8-10-13(5,6)12(3)4/h7,10-12H,9H2,1-6H3. The fourth-order valence-corrected chi connectivity index (χ4v) is 0.744. The molecule has 0 saturated carbocycles. The number of hydrogen-bond acceptors (Lipinski definition) is 0. The van der Waals surface area contributed by atoms with Gasteiger partial charge in [0.2, 0.25) is 0 Å². The third-order valence-electron chi connectivity index (χ3n) is 2.65. The van der Waals surface area contributed by atoms with Crippen LogP contribution in [0.25, 0.3) is 0 Å². The van der Waals surface area contributed by atoms with Crippen molar-refractivity contribution in [1.82, 2.24) is 0 Å². The van der Waals surface area contributed by atoms with Gasteiger partial charge < -0.3 is 0 Å². The van der Waals surface area contributed by atoms with Gasteiger partial charge in [-0.25, -0.2) is 0 Å². The van der Waals surface area contributed by atoms with Crippen LogP contribution in [0, 0.1) is 17.3 Å². The zero-order valence-corrected chi connectivity index (χ0v) is 10.0. The Morgan fingerprint density at radius 3 is 2.08 bits per heavy atom. The SMILES string of the molecule is CC(C)CC=C=CC(C)(C)C(C)C. The lowest BCUT2D eigenvalue weighted by atomic mass is 9.81. The molecule has 0 heterocycles. The van der Waals surface area contributed by atoms with E-state index in [0.29, 0.717) is 5.92 Å². The monoisotopic (exact) mass is 180 g/mol. The van der Waals surface area contributed by atoms with Gasteiger partial charge in [-0.15, -0.1) is 5.73 Å². The van der Waals surface area contributed by atoms with Crippen LogP contribution in [0.4, 0.5) is 0 Å². The third-order valence-corrected chi connectivity index (χ3v) is 2.65. The zero-order valence-electron chi connectivity index (χ0n) is 10.0. The molecule has 0 saturated heterocycles. The third kappa shape index (κ3) is 5.71. The quantitative estimate of drug-likeness (QED) is 0.562. The second-order valence-electron chi connectivity index (χ2n) is 5.12. The Morgan fingerprint density at radius 2 is 1.69 bits per heavy atom. The Balaban J connectivity index is 4.17. The van der Waals surface area contributed by atoms with E-state index >= 15 is 0 Å². The lowest BCUT2D eigenvalue weighted by Crippen LogP contribution is -2.15. The van der Waals surface area contributed by atoms with Gasteiger partial charge in [0, 0.05) is 0 Å². The average molecular weight is 180 g/mol. The van der Waals surface area contributed by atoms with Crippen LogP contribution >= 0.6 is 0 Å². The Morgan fingerprint density at radius 1 is 1.15 bits per heavy atom. The highest BCUT2D eigenvalue weighted by molar-refractivity contribution is 4.96. The maximum atomic E-state index is 3.29. The predicted molar refractivity (Wildman–Crippen MR) is 60.7 cm³/mol. The van der Waals surface area contributed by atoms with Gasteiger partial charge in [-0.2, -0.15) is 0 Å².